The van der Waals surface area contributed by atoms with Gasteiger partial charge in [0.1, 0.15) is 5.82 Å². The number of hydrogen-bond donors (Lipinski definition) is 1. The minimum absolute atomic E-state index is 0.303. The SMILES string of the molecule is COC(=O)c1cc(N(C)c2ccccc2)ncc1N. The summed E-state index contributed by atoms with van der Waals surface area (Å²) in [5, 5.41) is 0. The minimum atomic E-state index is -0.470. The van der Waals surface area contributed by atoms with Gasteiger partial charge in [0.05, 0.1) is 24.6 Å². The van der Waals surface area contributed by atoms with Crippen LogP contribution in [-0.2, 0) is 4.74 Å². The van der Waals surface area contributed by atoms with Gasteiger partial charge in [-0.3, -0.25) is 0 Å². The normalized spacial score (nSPS) is 10.0. The largest absolute Gasteiger partial charge is 0.465 e. The van der Waals surface area contributed by atoms with Gasteiger partial charge in [0.2, 0.25) is 0 Å². The van der Waals surface area contributed by atoms with Crippen molar-refractivity contribution in [2.75, 3.05) is 24.8 Å². The molecule has 0 bridgehead atoms. The maximum absolute atomic E-state index is 11.6. The molecule has 0 aliphatic heterocycles. The molecule has 5 heteroatoms. The van der Waals surface area contributed by atoms with Gasteiger partial charge in [0.15, 0.2) is 0 Å². The van der Waals surface area contributed by atoms with Gasteiger partial charge in [-0.2, -0.15) is 0 Å². The molecule has 0 aliphatic rings. The van der Waals surface area contributed by atoms with E-state index < -0.39 is 5.97 Å². The zero-order chi connectivity index (χ0) is 13.8. The number of nitrogen functional groups attached to an aromatic ring is 1. The van der Waals surface area contributed by atoms with Crippen molar-refractivity contribution in [1.82, 2.24) is 4.98 Å². The Labute approximate surface area is 111 Å². The van der Waals surface area contributed by atoms with Gasteiger partial charge in [-0.25, -0.2) is 9.78 Å². The molecule has 0 saturated heterocycles. The molecule has 0 spiro atoms. The van der Waals surface area contributed by atoms with E-state index in [1.807, 2.05) is 42.3 Å². The number of benzene rings is 1. The summed E-state index contributed by atoms with van der Waals surface area (Å²) in [6.07, 6.45) is 1.46. The predicted molar refractivity (Wildman–Crippen MR) is 74.5 cm³/mol. The molecule has 0 unspecified atom stereocenters. The van der Waals surface area contributed by atoms with Crippen LogP contribution in [-0.4, -0.2) is 25.1 Å². The second-order valence-corrected chi connectivity index (χ2v) is 4.02. The first-order valence-electron chi connectivity index (χ1n) is 5.76. The van der Waals surface area contributed by atoms with Gasteiger partial charge in [-0.1, -0.05) is 18.2 Å². The summed E-state index contributed by atoms with van der Waals surface area (Å²) in [4.78, 5) is 17.7. The van der Waals surface area contributed by atoms with Gasteiger partial charge in [0.25, 0.3) is 0 Å². The molecule has 2 N–H and O–H groups in total. The third-order valence-electron chi connectivity index (χ3n) is 2.81. The number of esters is 1. The molecule has 98 valence electrons. The standard InChI is InChI=1S/C14H15N3O2/c1-17(10-6-4-3-5-7-10)13-8-11(14(18)19-2)12(15)9-16-13/h3-9H,15H2,1-2H3. The summed E-state index contributed by atoms with van der Waals surface area (Å²) in [6, 6.07) is 11.3. The van der Waals surface area contributed by atoms with Crippen molar-refractivity contribution in [3.05, 3.63) is 48.2 Å². The Morgan fingerprint density at radius 1 is 1.32 bits per heavy atom. The van der Waals surface area contributed by atoms with Gasteiger partial charge >= 0.3 is 5.97 Å². The molecular formula is C14H15N3O2. The first kappa shape index (κ1) is 12.9. The Bertz CT molecular complexity index is 584. The highest BCUT2D eigenvalue weighted by Crippen LogP contribution is 2.24. The average Bonchev–Trinajstić information content (AvgIpc) is 2.47. The van der Waals surface area contributed by atoms with E-state index >= 15 is 0 Å². The van der Waals surface area contributed by atoms with Crippen LogP contribution in [0.4, 0.5) is 17.2 Å². The topological polar surface area (TPSA) is 68.5 Å². The summed E-state index contributed by atoms with van der Waals surface area (Å²) in [7, 11) is 3.19. The monoisotopic (exact) mass is 257 g/mol. The van der Waals surface area contributed by atoms with Crippen molar-refractivity contribution in [1.29, 1.82) is 0 Å². The van der Waals surface area contributed by atoms with Crippen LogP contribution in [0, 0.1) is 0 Å². The molecule has 19 heavy (non-hydrogen) atoms. The lowest BCUT2D eigenvalue weighted by molar-refractivity contribution is 0.0602. The van der Waals surface area contributed by atoms with Gasteiger partial charge in [-0.15, -0.1) is 0 Å². The summed E-state index contributed by atoms with van der Waals surface area (Å²) in [5.41, 5.74) is 7.31. The van der Waals surface area contributed by atoms with E-state index in [-0.39, 0.29) is 0 Å². The summed E-state index contributed by atoms with van der Waals surface area (Å²) < 4.78 is 4.69. The fraction of sp³-hybridized carbons (Fsp3) is 0.143. The van der Waals surface area contributed by atoms with Crippen molar-refractivity contribution in [2.45, 2.75) is 0 Å². The summed E-state index contributed by atoms with van der Waals surface area (Å²) >= 11 is 0. The van der Waals surface area contributed by atoms with Crippen molar-refractivity contribution in [3.63, 3.8) is 0 Å². The number of aromatic nitrogens is 1. The Kier molecular flexibility index (Phi) is 3.66. The van der Waals surface area contributed by atoms with E-state index in [9.17, 15) is 4.79 Å². The van der Waals surface area contributed by atoms with Gasteiger partial charge < -0.3 is 15.4 Å². The molecule has 0 atom stereocenters. The number of pyridine rings is 1. The Morgan fingerprint density at radius 3 is 2.63 bits per heavy atom. The van der Waals surface area contributed by atoms with E-state index in [1.54, 1.807) is 6.07 Å². The highest BCUT2D eigenvalue weighted by Gasteiger charge is 2.14. The highest BCUT2D eigenvalue weighted by molar-refractivity contribution is 5.95. The third-order valence-corrected chi connectivity index (χ3v) is 2.81. The number of hydrogen-bond acceptors (Lipinski definition) is 5. The number of nitrogens with zero attached hydrogens (tertiary/aromatic N) is 2. The van der Waals surface area contributed by atoms with E-state index in [4.69, 9.17) is 10.5 Å². The van der Waals surface area contributed by atoms with E-state index in [1.165, 1.54) is 13.3 Å². The van der Waals surface area contributed by atoms with Crippen LogP contribution in [0.2, 0.25) is 0 Å². The van der Waals surface area contributed by atoms with E-state index in [0.29, 0.717) is 17.1 Å². The van der Waals surface area contributed by atoms with Crippen LogP contribution in [0.3, 0.4) is 0 Å². The van der Waals surface area contributed by atoms with Crippen LogP contribution >= 0.6 is 0 Å². The molecule has 0 amide bonds. The molecule has 2 aromatic rings. The number of para-hydroxylation sites is 1. The first-order chi connectivity index (χ1) is 9.13. The zero-order valence-electron chi connectivity index (χ0n) is 10.8. The van der Waals surface area contributed by atoms with E-state index in [2.05, 4.69) is 4.98 Å². The average molecular weight is 257 g/mol. The van der Waals surface area contributed by atoms with Crippen molar-refractivity contribution < 1.29 is 9.53 Å². The molecule has 2 rings (SSSR count). The summed E-state index contributed by atoms with van der Waals surface area (Å²) in [5.74, 6) is 0.156. The molecule has 0 fully saturated rings. The molecule has 0 aliphatic carbocycles. The smallest absolute Gasteiger partial charge is 0.340 e. The number of ether oxygens (including phenoxy) is 1. The molecule has 1 aromatic heterocycles. The molecular weight excluding hydrogens is 242 g/mol. The highest BCUT2D eigenvalue weighted by atomic mass is 16.5. The second-order valence-electron chi connectivity index (χ2n) is 4.02. The molecule has 0 saturated carbocycles. The fourth-order valence-electron chi connectivity index (χ4n) is 1.71. The Hall–Kier alpha value is -2.56. The third kappa shape index (κ3) is 2.65. The van der Waals surface area contributed by atoms with Crippen LogP contribution in [0.15, 0.2) is 42.6 Å². The van der Waals surface area contributed by atoms with E-state index in [0.717, 1.165) is 5.69 Å². The van der Waals surface area contributed by atoms with Crippen LogP contribution in [0.1, 0.15) is 10.4 Å². The number of methoxy groups -OCH3 is 1. The first-order valence-corrected chi connectivity index (χ1v) is 5.76. The molecule has 1 heterocycles. The predicted octanol–water partition coefficient (Wildman–Crippen LogP) is 2.22. The maximum atomic E-state index is 11.6. The second kappa shape index (κ2) is 5.39. The summed E-state index contributed by atoms with van der Waals surface area (Å²) in [6.45, 7) is 0. The maximum Gasteiger partial charge on any atom is 0.340 e. The van der Waals surface area contributed by atoms with Crippen molar-refractivity contribution >= 4 is 23.2 Å². The number of anilines is 3. The van der Waals surface area contributed by atoms with Crippen LogP contribution in [0.25, 0.3) is 0 Å². The van der Waals surface area contributed by atoms with Gasteiger partial charge in [-0.05, 0) is 18.2 Å². The Balaban J connectivity index is 2.38. The minimum Gasteiger partial charge on any atom is -0.465 e. The lowest BCUT2D eigenvalue weighted by atomic mass is 10.2. The quantitative estimate of drug-likeness (QED) is 0.854. The lowest BCUT2D eigenvalue weighted by Gasteiger charge is -2.19. The number of carbonyl (C=O) groups excluding carboxylic acids is 1. The number of nitrogens with two attached hydrogens (primary N) is 1. The lowest BCUT2D eigenvalue weighted by Crippen LogP contribution is -2.14. The number of carbonyl (C=O) groups is 1. The molecule has 1 aromatic carbocycles. The molecule has 0 radical (unpaired) electrons. The zero-order valence-corrected chi connectivity index (χ0v) is 10.8. The van der Waals surface area contributed by atoms with Crippen LogP contribution < -0.4 is 10.6 Å². The van der Waals surface area contributed by atoms with Crippen molar-refractivity contribution in [3.8, 4) is 0 Å². The van der Waals surface area contributed by atoms with Gasteiger partial charge in [0, 0.05) is 12.7 Å². The number of rotatable bonds is 3. The van der Waals surface area contributed by atoms with Crippen molar-refractivity contribution in [2.24, 2.45) is 0 Å². The Morgan fingerprint density at radius 2 is 2.00 bits per heavy atom. The fourth-order valence-corrected chi connectivity index (χ4v) is 1.71. The van der Waals surface area contributed by atoms with Crippen LogP contribution in [0.5, 0.6) is 0 Å². The molecule has 5 nitrogen and oxygen atoms in total.